The number of nitrogens with zero attached hydrogens (tertiary/aromatic N) is 3. The molecule has 2 bridgehead atoms. The van der Waals surface area contributed by atoms with Gasteiger partial charge >= 0.3 is 0 Å². The Bertz CT molecular complexity index is 1080. The van der Waals surface area contributed by atoms with Gasteiger partial charge in [-0.05, 0) is 44.9 Å². The molecule has 4 aliphatic rings. The lowest BCUT2D eigenvalue weighted by Gasteiger charge is -2.68. The van der Waals surface area contributed by atoms with Crippen LogP contribution >= 0.6 is 11.3 Å². The van der Waals surface area contributed by atoms with Crippen molar-refractivity contribution in [1.29, 1.82) is 0 Å². The van der Waals surface area contributed by atoms with Gasteiger partial charge in [-0.1, -0.05) is 11.3 Å². The van der Waals surface area contributed by atoms with Crippen LogP contribution in [-0.2, 0) is 14.3 Å². The lowest BCUT2D eigenvalue weighted by molar-refractivity contribution is -0.211. The topological polar surface area (TPSA) is 125 Å². The number of anilines is 1. The van der Waals surface area contributed by atoms with E-state index in [1.54, 1.807) is 11.9 Å². The summed E-state index contributed by atoms with van der Waals surface area (Å²) >= 11 is 1.25. The number of methoxy groups -OCH3 is 1. The first-order valence-electron chi connectivity index (χ1n) is 11.0. The molecule has 3 heterocycles. The van der Waals surface area contributed by atoms with Crippen LogP contribution in [-0.4, -0.2) is 66.1 Å². The van der Waals surface area contributed by atoms with Crippen LogP contribution in [0.3, 0.4) is 0 Å². The van der Waals surface area contributed by atoms with Crippen LogP contribution < -0.4 is 10.1 Å². The SMILES string of the molecule is CCN(C)C(=O)C12CC(C(=O)Nc3nc4c(OC)nc(F)c(C5CCOCC5)c4s3)(C1)C2.O. The standard InChI is InChI=1S/C22H27FN4O4S.H2O/c1-4-27(2)19(29)22-9-21(10-22,11-22)18(28)26-20-24-14-15(32-20)13(12-5-7-31-8-6-12)16(23)25-17(14)30-3;/h12H,4-11H2,1-3H3,(H,24,26,28);1H2. The van der Waals surface area contributed by atoms with Crippen LogP contribution in [0.4, 0.5) is 9.52 Å². The second-order valence-electron chi connectivity index (χ2n) is 9.27. The Morgan fingerprint density at radius 2 is 1.91 bits per heavy atom. The maximum absolute atomic E-state index is 14.9. The molecule has 3 N–H and O–H groups in total. The molecule has 0 spiro atoms. The zero-order valence-electron chi connectivity index (χ0n) is 19.0. The minimum atomic E-state index is -0.553. The molecule has 1 saturated heterocycles. The molecule has 2 aromatic heterocycles. The predicted octanol–water partition coefficient (Wildman–Crippen LogP) is 2.50. The number of amides is 2. The first kappa shape index (κ1) is 23.8. The average Bonchev–Trinajstić information content (AvgIpc) is 3.14. The first-order chi connectivity index (χ1) is 15.3. The first-order valence-corrected chi connectivity index (χ1v) is 11.8. The van der Waals surface area contributed by atoms with Crippen LogP contribution in [0.1, 0.15) is 50.5 Å². The van der Waals surface area contributed by atoms with Gasteiger partial charge in [0.2, 0.25) is 23.6 Å². The fraction of sp³-hybridized carbons (Fsp3) is 0.636. The summed E-state index contributed by atoms with van der Waals surface area (Å²) in [6.45, 7) is 3.76. The summed E-state index contributed by atoms with van der Waals surface area (Å²) in [5.74, 6) is -0.439. The molecule has 3 saturated carbocycles. The zero-order valence-corrected chi connectivity index (χ0v) is 19.8. The molecule has 1 aliphatic heterocycles. The molecule has 0 radical (unpaired) electrons. The molecule has 0 atom stereocenters. The summed E-state index contributed by atoms with van der Waals surface area (Å²) in [6, 6.07) is 0. The largest absolute Gasteiger partial charge is 0.479 e. The number of aromatic nitrogens is 2. The molecule has 3 aliphatic carbocycles. The smallest absolute Gasteiger partial charge is 0.243 e. The van der Waals surface area contributed by atoms with Gasteiger partial charge in [-0.3, -0.25) is 9.59 Å². The highest BCUT2D eigenvalue weighted by Crippen LogP contribution is 2.74. The molecule has 180 valence electrons. The third kappa shape index (κ3) is 3.57. The zero-order chi connectivity index (χ0) is 22.7. The lowest BCUT2D eigenvalue weighted by atomic mass is 9.34. The van der Waals surface area contributed by atoms with Gasteiger partial charge < -0.3 is 25.2 Å². The Morgan fingerprint density at radius 1 is 1.24 bits per heavy atom. The van der Waals surface area contributed by atoms with E-state index in [1.165, 1.54) is 18.4 Å². The summed E-state index contributed by atoms with van der Waals surface area (Å²) in [5, 5.41) is 3.33. The summed E-state index contributed by atoms with van der Waals surface area (Å²) in [5.41, 5.74) is 0.116. The third-order valence-corrected chi connectivity index (χ3v) is 8.33. The van der Waals surface area contributed by atoms with E-state index in [4.69, 9.17) is 9.47 Å². The van der Waals surface area contributed by atoms with Crippen molar-refractivity contribution in [2.24, 2.45) is 10.8 Å². The van der Waals surface area contributed by atoms with E-state index in [-0.39, 0.29) is 34.5 Å². The molecule has 33 heavy (non-hydrogen) atoms. The van der Waals surface area contributed by atoms with Crippen LogP contribution in [0.25, 0.3) is 10.2 Å². The molecule has 2 amide bonds. The van der Waals surface area contributed by atoms with Crippen LogP contribution in [0, 0.1) is 16.8 Å². The summed E-state index contributed by atoms with van der Waals surface area (Å²) in [6.07, 6.45) is 3.16. The average molecular weight is 481 g/mol. The number of ether oxygens (including phenoxy) is 2. The number of nitrogens with one attached hydrogen (secondary N) is 1. The van der Waals surface area contributed by atoms with Crippen molar-refractivity contribution in [2.75, 3.05) is 39.2 Å². The fourth-order valence-electron chi connectivity index (χ4n) is 5.51. The van der Waals surface area contributed by atoms with Crippen molar-refractivity contribution in [2.45, 2.75) is 44.9 Å². The van der Waals surface area contributed by atoms with E-state index in [1.807, 2.05) is 6.92 Å². The second-order valence-corrected chi connectivity index (χ2v) is 10.3. The lowest BCUT2D eigenvalue weighted by Crippen LogP contribution is -2.71. The molecular weight excluding hydrogens is 451 g/mol. The summed E-state index contributed by atoms with van der Waals surface area (Å²) in [4.78, 5) is 35.8. The number of rotatable bonds is 6. The minimum absolute atomic E-state index is 0. The molecular formula is C22H29FN4O5S. The Morgan fingerprint density at radius 3 is 2.52 bits per heavy atom. The maximum atomic E-state index is 14.9. The number of fused-ring (bicyclic) bond motifs is 1. The Balaban J connectivity index is 0.00000259. The van der Waals surface area contributed by atoms with E-state index in [2.05, 4.69) is 15.3 Å². The summed E-state index contributed by atoms with van der Waals surface area (Å²) in [7, 11) is 3.23. The molecule has 2 aromatic rings. The third-order valence-electron chi connectivity index (χ3n) is 7.33. The van der Waals surface area contributed by atoms with Crippen molar-refractivity contribution in [3.05, 3.63) is 11.5 Å². The van der Waals surface area contributed by atoms with Gasteiger partial charge in [-0.2, -0.15) is 9.37 Å². The van der Waals surface area contributed by atoms with Gasteiger partial charge in [-0.15, -0.1) is 0 Å². The van der Waals surface area contributed by atoms with Crippen molar-refractivity contribution < 1.29 is 28.9 Å². The van der Waals surface area contributed by atoms with Crippen LogP contribution in [0.5, 0.6) is 5.88 Å². The highest BCUT2D eigenvalue weighted by atomic mass is 32.1. The van der Waals surface area contributed by atoms with E-state index in [9.17, 15) is 14.0 Å². The molecule has 11 heteroatoms. The van der Waals surface area contributed by atoms with Gasteiger partial charge in [0.15, 0.2) is 5.13 Å². The maximum Gasteiger partial charge on any atom is 0.243 e. The van der Waals surface area contributed by atoms with Crippen molar-refractivity contribution >= 4 is 38.5 Å². The highest BCUT2D eigenvalue weighted by molar-refractivity contribution is 7.22. The van der Waals surface area contributed by atoms with Crippen LogP contribution in [0.2, 0.25) is 0 Å². The van der Waals surface area contributed by atoms with E-state index < -0.39 is 11.4 Å². The van der Waals surface area contributed by atoms with E-state index in [0.717, 1.165) is 0 Å². The molecule has 6 rings (SSSR count). The van der Waals surface area contributed by atoms with Crippen molar-refractivity contribution in [3.63, 3.8) is 0 Å². The van der Waals surface area contributed by atoms with Gasteiger partial charge in [0.25, 0.3) is 0 Å². The quantitative estimate of drug-likeness (QED) is 0.633. The Kier molecular flexibility index (Phi) is 6.08. The minimum Gasteiger partial charge on any atom is -0.479 e. The molecule has 9 nitrogen and oxygen atoms in total. The monoisotopic (exact) mass is 480 g/mol. The number of thiazole rings is 1. The number of pyridine rings is 1. The molecule has 0 unspecified atom stereocenters. The molecule has 0 aromatic carbocycles. The number of hydrogen-bond acceptors (Lipinski definition) is 7. The fourth-order valence-corrected chi connectivity index (χ4v) is 6.58. The van der Waals surface area contributed by atoms with Crippen molar-refractivity contribution in [1.82, 2.24) is 14.9 Å². The van der Waals surface area contributed by atoms with Gasteiger partial charge in [0, 0.05) is 32.4 Å². The second kappa shape index (κ2) is 8.44. The van der Waals surface area contributed by atoms with E-state index in [0.29, 0.717) is 72.8 Å². The number of carbonyl (C=O) groups is 2. The number of carbonyl (C=O) groups excluding carboxylic acids is 2. The normalized spacial score (nSPS) is 26.1. The van der Waals surface area contributed by atoms with Gasteiger partial charge in [0.1, 0.15) is 5.52 Å². The van der Waals surface area contributed by atoms with Crippen molar-refractivity contribution in [3.8, 4) is 5.88 Å². The van der Waals surface area contributed by atoms with Gasteiger partial charge in [-0.25, -0.2) is 4.98 Å². The highest BCUT2D eigenvalue weighted by Gasteiger charge is 2.75. The van der Waals surface area contributed by atoms with E-state index >= 15 is 0 Å². The predicted molar refractivity (Wildman–Crippen MR) is 121 cm³/mol. The summed E-state index contributed by atoms with van der Waals surface area (Å²) < 4.78 is 26.3. The molecule has 4 fully saturated rings. The Hall–Kier alpha value is -2.37. The number of halogens is 1. The number of hydrogen-bond donors (Lipinski definition) is 1. The van der Waals surface area contributed by atoms with Crippen LogP contribution in [0.15, 0.2) is 0 Å². The van der Waals surface area contributed by atoms with Gasteiger partial charge in [0.05, 0.1) is 22.6 Å². The Labute approximate surface area is 195 Å².